The van der Waals surface area contributed by atoms with Crippen LogP contribution < -0.4 is 10.1 Å². The van der Waals surface area contributed by atoms with Crippen LogP contribution in [0.15, 0.2) is 54.6 Å². The Hall–Kier alpha value is -2.86. The lowest BCUT2D eigenvalue weighted by atomic mass is 10.2. The number of likely N-dealkylation sites (tertiary alicyclic amines) is 1. The Kier molecular flexibility index (Phi) is 5.86. The first-order valence-corrected chi connectivity index (χ1v) is 8.60. The molecule has 0 aliphatic carbocycles. The van der Waals surface area contributed by atoms with Gasteiger partial charge in [-0.05, 0) is 55.8 Å². The van der Waals surface area contributed by atoms with Crippen molar-refractivity contribution >= 4 is 17.6 Å². The number of ether oxygens (including phenoxy) is 2. The summed E-state index contributed by atoms with van der Waals surface area (Å²) in [4.78, 5) is 25.9. The van der Waals surface area contributed by atoms with E-state index in [0.717, 1.165) is 25.1 Å². The minimum atomic E-state index is -0.326. The number of carbonyl (C=O) groups is 2. The standard InChI is InChI=1S/C20H22N2O4/c1-25-20(24)18-8-5-13-22(18)14-19(23)21-15-9-11-17(12-10-15)26-16-6-3-2-4-7-16/h2-4,6-7,9-12,18H,5,8,13-14H2,1H3,(H,21,23). The lowest BCUT2D eigenvalue weighted by Gasteiger charge is -2.21. The molecule has 3 rings (SSSR count). The Morgan fingerprint density at radius 2 is 1.77 bits per heavy atom. The topological polar surface area (TPSA) is 67.9 Å². The van der Waals surface area contributed by atoms with Gasteiger partial charge in [-0.3, -0.25) is 14.5 Å². The number of para-hydroxylation sites is 1. The quantitative estimate of drug-likeness (QED) is 0.808. The molecular weight excluding hydrogens is 332 g/mol. The second-order valence-electron chi connectivity index (χ2n) is 6.14. The predicted molar refractivity (Wildman–Crippen MR) is 98.2 cm³/mol. The Morgan fingerprint density at radius 3 is 2.46 bits per heavy atom. The zero-order chi connectivity index (χ0) is 18.4. The molecule has 1 heterocycles. The van der Waals surface area contributed by atoms with E-state index in [0.29, 0.717) is 11.4 Å². The summed E-state index contributed by atoms with van der Waals surface area (Å²) in [6, 6.07) is 16.4. The number of anilines is 1. The maximum atomic E-state index is 12.3. The van der Waals surface area contributed by atoms with E-state index in [9.17, 15) is 9.59 Å². The van der Waals surface area contributed by atoms with E-state index in [1.165, 1.54) is 7.11 Å². The Bertz CT molecular complexity index is 746. The molecule has 1 atom stereocenters. The molecule has 1 N–H and O–H groups in total. The number of amides is 1. The summed E-state index contributed by atoms with van der Waals surface area (Å²) in [6.45, 7) is 0.888. The van der Waals surface area contributed by atoms with Gasteiger partial charge in [-0.15, -0.1) is 0 Å². The lowest BCUT2D eigenvalue weighted by Crippen LogP contribution is -2.41. The average Bonchev–Trinajstić information content (AvgIpc) is 3.11. The summed E-state index contributed by atoms with van der Waals surface area (Å²) in [5.74, 6) is 1.02. The largest absolute Gasteiger partial charge is 0.468 e. The van der Waals surface area contributed by atoms with E-state index in [2.05, 4.69) is 5.32 Å². The van der Waals surface area contributed by atoms with Crippen LogP contribution in [0.2, 0.25) is 0 Å². The van der Waals surface area contributed by atoms with Crippen molar-refractivity contribution < 1.29 is 19.1 Å². The second-order valence-corrected chi connectivity index (χ2v) is 6.14. The minimum Gasteiger partial charge on any atom is -0.468 e. The maximum Gasteiger partial charge on any atom is 0.323 e. The SMILES string of the molecule is COC(=O)C1CCCN1CC(=O)Nc1ccc(Oc2ccccc2)cc1. The number of rotatable bonds is 6. The minimum absolute atomic E-state index is 0.155. The van der Waals surface area contributed by atoms with Crippen LogP contribution in [0.25, 0.3) is 0 Å². The molecule has 1 amide bonds. The zero-order valence-corrected chi connectivity index (χ0v) is 14.7. The molecule has 6 heteroatoms. The molecule has 6 nitrogen and oxygen atoms in total. The Balaban J connectivity index is 1.53. The van der Waals surface area contributed by atoms with Crippen molar-refractivity contribution in [1.29, 1.82) is 0 Å². The molecule has 0 aromatic heterocycles. The number of benzene rings is 2. The summed E-state index contributed by atoms with van der Waals surface area (Å²) < 4.78 is 10.5. The van der Waals surface area contributed by atoms with Crippen LogP contribution in [0.4, 0.5) is 5.69 Å². The van der Waals surface area contributed by atoms with Gasteiger partial charge in [-0.1, -0.05) is 18.2 Å². The van der Waals surface area contributed by atoms with E-state index in [1.54, 1.807) is 24.3 Å². The Morgan fingerprint density at radius 1 is 1.08 bits per heavy atom. The third-order valence-electron chi connectivity index (χ3n) is 4.30. The smallest absolute Gasteiger partial charge is 0.323 e. The predicted octanol–water partition coefficient (Wildman–Crippen LogP) is 3.05. The number of methoxy groups -OCH3 is 1. The normalized spacial score (nSPS) is 16.9. The van der Waals surface area contributed by atoms with Crippen molar-refractivity contribution in [3.63, 3.8) is 0 Å². The highest BCUT2D eigenvalue weighted by Gasteiger charge is 2.32. The number of esters is 1. The third-order valence-corrected chi connectivity index (χ3v) is 4.30. The van der Waals surface area contributed by atoms with Gasteiger partial charge in [0.05, 0.1) is 13.7 Å². The maximum absolute atomic E-state index is 12.3. The van der Waals surface area contributed by atoms with E-state index >= 15 is 0 Å². The molecule has 1 aliphatic rings. The number of hydrogen-bond acceptors (Lipinski definition) is 5. The first kappa shape index (κ1) is 17.9. The van der Waals surface area contributed by atoms with Crippen LogP contribution >= 0.6 is 0 Å². The molecule has 0 radical (unpaired) electrons. The van der Waals surface area contributed by atoms with E-state index < -0.39 is 0 Å². The molecule has 136 valence electrons. The first-order valence-electron chi connectivity index (χ1n) is 8.60. The summed E-state index contributed by atoms with van der Waals surface area (Å²) in [6.07, 6.45) is 1.62. The summed E-state index contributed by atoms with van der Waals surface area (Å²) in [5.41, 5.74) is 0.684. The van der Waals surface area contributed by atoms with Crippen molar-refractivity contribution in [2.75, 3.05) is 25.5 Å². The molecule has 1 saturated heterocycles. The number of hydrogen-bond donors (Lipinski definition) is 1. The number of carbonyl (C=O) groups excluding carboxylic acids is 2. The van der Waals surface area contributed by atoms with Gasteiger partial charge in [0, 0.05) is 5.69 Å². The second kappa shape index (κ2) is 8.49. The van der Waals surface area contributed by atoms with Crippen LogP contribution in [0.3, 0.4) is 0 Å². The molecule has 2 aromatic rings. The van der Waals surface area contributed by atoms with E-state index in [-0.39, 0.29) is 24.5 Å². The molecular formula is C20H22N2O4. The molecule has 26 heavy (non-hydrogen) atoms. The fourth-order valence-corrected chi connectivity index (χ4v) is 3.03. The Labute approximate surface area is 152 Å². The van der Waals surface area contributed by atoms with Crippen LogP contribution in [0.5, 0.6) is 11.5 Å². The van der Waals surface area contributed by atoms with Crippen molar-refractivity contribution in [1.82, 2.24) is 4.90 Å². The number of nitrogens with zero attached hydrogens (tertiary/aromatic N) is 1. The van der Waals surface area contributed by atoms with Gasteiger partial charge in [-0.25, -0.2) is 0 Å². The molecule has 0 saturated carbocycles. The van der Waals surface area contributed by atoms with Gasteiger partial charge in [0.25, 0.3) is 0 Å². The molecule has 1 fully saturated rings. The molecule has 1 aliphatic heterocycles. The van der Waals surface area contributed by atoms with Gasteiger partial charge < -0.3 is 14.8 Å². The van der Waals surface area contributed by atoms with Crippen LogP contribution in [-0.2, 0) is 14.3 Å². The summed E-state index contributed by atoms with van der Waals surface area (Å²) in [5, 5.41) is 2.85. The lowest BCUT2D eigenvalue weighted by molar-refractivity contribution is -0.146. The van der Waals surface area contributed by atoms with Gasteiger partial charge in [0.15, 0.2) is 0 Å². The van der Waals surface area contributed by atoms with Gasteiger partial charge >= 0.3 is 5.97 Å². The van der Waals surface area contributed by atoms with Crippen LogP contribution in [0.1, 0.15) is 12.8 Å². The molecule has 2 aromatic carbocycles. The monoisotopic (exact) mass is 354 g/mol. The van der Waals surface area contributed by atoms with Crippen molar-refractivity contribution in [3.05, 3.63) is 54.6 Å². The third kappa shape index (κ3) is 4.61. The fraction of sp³-hybridized carbons (Fsp3) is 0.300. The van der Waals surface area contributed by atoms with Gasteiger partial charge in [-0.2, -0.15) is 0 Å². The van der Waals surface area contributed by atoms with Gasteiger partial charge in [0.1, 0.15) is 17.5 Å². The summed E-state index contributed by atoms with van der Waals surface area (Å²) in [7, 11) is 1.37. The highest BCUT2D eigenvalue weighted by Crippen LogP contribution is 2.23. The zero-order valence-electron chi connectivity index (χ0n) is 14.7. The molecule has 1 unspecified atom stereocenters. The van der Waals surface area contributed by atoms with Crippen LogP contribution in [0, 0.1) is 0 Å². The van der Waals surface area contributed by atoms with Crippen molar-refractivity contribution in [2.24, 2.45) is 0 Å². The average molecular weight is 354 g/mol. The number of nitrogens with one attached hydrogen (secondary N) is 1. The summed E-state index contributed by atoms with van der Waals surface area (Å²) >= 11 is 0. The van der Waals surface area contributed by atoms with Crippen LogP contribution in [-0.4, -0.2) is 43.0 Å². The highest BCUT2D eigenvalue weighted by molar-refractivity contribution is 5.92. The van der Waals surface area contributed by atoms with Crippen molar-refractivity contribution in [3.8, 4) is 11.5 Å². The van der Waals surface area contributed by atoms with E-state index in [4.69, 9.17) is 9.47 Å². The van der Waals surface area contributed by atoms with E-state index in [1.807, 2.05) is 35.2 Å². The van der Waals surface area contributed by atoms with Gasteiger partial charge in [0.2, 0.25) is 5.91 Å². The van der Waals surface area contributed by atoms with Crippen molar-refractivity contribution in [2.45, 2.75) is 18.9 Å². The fourth-order valence-electron chi connectivity index (χ4n) is 3.03. The molecule has 0 bridgehead atoms. The first-order chi connectivity index (χ1) is 12.7. The molecule has 0 spiro atoms. The highest BCUT2D eigenvalue weighted by atomic mass is 16.5.